The number of hydrogen-bond acceptors (Lipinski definition) is 1. The lowest BCUT2D eigenvalue weighted by molar-refractivity contribution is 0.00891. The second-order valence-electron chi connectivity index (χ2n) is 3.11. The Bertz CT molecular complexity index is 473. The summed E-state index contributed by atoms with van der Waals surface area (Å²) in [5.74, 6) is -3.33. The monoisotopic (exact) mass is 216 g/mol. The molecule has 2 aromatic rings. The van der Waals surface area contributed by atoms with Crippen molar-refractivity contribution in [2.24, 2.45) is 0 Å². The topological polar surface area (TPSA) is 28.7 Å². The van der Waals surface area contributed by atoms with E-state index in [1.54, 1.807) is 18.2 Å². The Kier molecular flexibility index (Phi) is 1.96. The number of H-pyrrole nitrogens is 1. The summed E-state index contributed by atoms with van der Waals surface area (Å²) in [4.78, 5) is 6.28. The number of fused-ring (bicyclic) bond motifs is 1. The number of rotatable bonds is 1. The highest BCUT2D eigenvalue weighted by atomic mass is 35.5. The lowest BCUT2D eigenvalue weighted by atomic mass is 10.3. The van der Waals surface area contributed by atoms with Crippen LogP contribution in [-0.4, -0.2) is 9.97 Å². The van der Waals surface area contributed by atoms with Crippen LogP contribution in [0.1, 0.15) is 12.7 Å². The van der Waals surface area contributed by atoms with E-state index in [0.29, 0.717) is 16.1 Å². The molecule has 0 spiro atoms. The minimum atomic E-state index is -2.97. The molecule has 2 nitrogen and oxygen atoms in total. The number of benzene rings is 1. The number of hydrogen-bond donors (Lipinski definition) is 1. The number of para-hydroxylation sites is 1. The second-order valence-corrected chi connectivity index (χ2v) is 3.52. The van der Waals surface area contributed by atoms with Gasteiger partial charge in [0.2, 0.25) is 0 Å². The van der Waals surface area contributed by atoms with Gasteiger partial charge in [-0.3, -0.25) is 0 Å². The molecule has 0 atom stereocenters. The summed E-state index contributed by atoms with van der Waals surface area (Å²) in [5, 5.41) is 0.370. The van der Waals surface area contributed by atoms with Crippen LogP contribution in [0.25, 0.3) is 11.0 Å². The Morgan fingerprint density at radius 2 is 2.14 bits per heavy atom. The third-order valence-electron chi connectivity index (χ3n) is 1.88. The van der Waals surface area contributed by atoms with Gasteiger partial charge in [0.1, 0.15) is 5.52 Å². The van der Waals surface area contributed by atoms with E-state index in [2.05, 4.69) is 9.97 Å². The van der Waals surface area contributed by atoms with Crippen LogP contribution in [0, 0.1) is 0 Å². The van der Waals surface area contributed by atoms with Crippen molar-refractivity contribution in [3.8, 4) is 0 Å². The highest BCUT2D eigenvalue weighted by molar-refractivity contribution is 6.34. The highest BCUT2D eigenvalue weighted by Crippen LogP contribution is 2.28. The Balaban J connectivity index is 2.69. The number of halogens is 3. The molecule has 0 aliphatic carbocycles. The molecule has 14 heavy (non-hydrogen) atoms. The summed E-state index contributed by atoms with van der Waals surface area (Å²) in [6.07, 6.45) is 0. The lowest BCUT2D eigenvalue weighted by Gasteiger charge is -2.03. The summed E-state index contributed by atoms with van der Waals surface area (Å²) in [6, 6.07) is 4.95. The first kappa shape index (κ1) is 9.40. The van der Waals surface area contributed by atoms with Crippen LogP contribution < -0.4 is 0 Å². The van der Waals surface area contributed by atoms with Gasteiger partial charge in [-0.15, -0.1) is 0 Å². The zero-order valence-corrected chi connectivity index (χ0v) is 8.07. The molecule has 2 rings (SSSR count). The smallest absolute Gasteiger partial charge is 0.301 e. The first-order chi connectivity index (χ1) is 6.48. The molecule has 0 radical (unpaired) electrons. The van der Waals surface area contributed by atoms with E-state index in [0.717, 1.165) is 6.92 Å². The molecule has 5 heteroatoms. The quantitative estimate of drug-likeness (QED) is 0.778. The fourth-order valence-electron chi connectivity index (χ4n) is 1.21. The van der Waals surface area contributed by atoms with Crippen LogP contribution in [0.2, 0.25) is 5.02 Å². The number of aromatic amines is 1. The Morgan fingerprint density at radius 1 is 1.43 bits per heavy atom. The van der Waals surface area contributed by atoms with Gasteiger partial charge in [-0.1, -0.05) is 17.7 Å². The van der Waals surface area contributed by atoms with Gasteiger partial charge < -0.3 is 4.98 Å². The standard InChI is InChI=1S/C9H7ClF2N2/c1-9(11,12)8-13-6-4-2-3-5(10)7(6)14-8/h2-4H,1H3,(H,13,14). The summed E-state index contributed by atoms with van der Waals surface area (Å²) in [7, 11) is 0. The summed E-state index contributed by atoms with van der Waals surface area (Å²) in [6.45, 7) is 0.790. The van der Waals surface area contributed by atoms with Crippen LogP contribution in [0.4, 0.5) is 8.78 Å². The van der Waals surface area contributed by atoms with E-state index in [-0.39, 0.29) is 5.82 Å². The number of alkyl halides is 2. The number of nitrogens with one attached hydrogen (secondary N) is 1. The van der Waals surface area contributed by atoms with Crippen LogP contribution >= 0.6 is 11.6 Å². The van der Waals surface area contributed by atoms with Crippen molar-refractivity contribution in [3.05, 3.63) is 29.0 Å². The van der Waals surface area contributed by atoms with Gasteiger partial charge in [-0.2, -0.15) is 8.78 Å². The zero-order valence-electron chi connectivity index (χ0n) is 7.31. The molecule has 0 saturated carbocycles. The molecule has 1 N–H and O–H groups in total. The molecule has 0 amide bonds. The van der Waals surface area contributed by atoms with Crippen molar-refractivity contribution >= 4 is 22.6 Å². The molecule has 0 saturated heterocycles. The molecule has 0 aliphatic heterocycles. The maximum atomic E-state index is 12.9. The molecule has 74 valence electrons. The van der Waals surface area contributed by atoms with Crippen molar-refractivity contribution < 1.29 is 8.78 Å². The molecule has 0 aliphatic rings. The molecular weight excluding hydrogens is 210 g/mol. The van der Waals surface area contributed by atoms with Crippen LogP contribution in [-0.2, 0) is 5.92 Å². The Labute approximate surface area is 83.9 Å². The van der Waals surface area contributed by atoms with E-state index in [1.165, 1.54) is 0 Å². The van der Waals surface area contributed by atoms with Gasteiger partial charge >= 0.3 is 5.92 Å². The second kappa shape index (κ2) is 2.92. The SMILES string of the molecule is CC(F)(F)c1nc2c(Cl)cccc2[nH]1. The number of imidazole rings is 1. The van der Waals surface area contributed by atoms with Crippen molar-refractivity contribution in [2.45, 2.75) is 12.8 Å². The number of nitrogens with zero attached hydrogens (tertiary/aromatic N) is 1. The lowest BCUT2D eigenvalue weighted by Crippen LogP contribution is -2.08. The van der Waals surface area contributed by atoms with Gasteiger partial charge in [0.15, 0.2) is 5.82 Å². The van der Waals surface area contributed by atoms with E-state index in [4.69, 9.17) is 11.6 Å². The van der Waals surface area contributed by atoms with Crippen LogP contribution in [0.3, 0.4) is 0 Å². The van der Waals surface area contributed by atoms with E-state index in [9.17, 15) is 8.78 Å². The van der Waals surface area contributed by atoms with Gasteiger partial charge in [-0.05, 0) is 12.1 Å². The van der Waals surface area contributed by atoms with E-state index < -0.39 is 5.92 Å². The van der Waals surface area contributed by atoms with Crippen molar-refractivity contribution in [1.29, 1.82) is 0 Å². The Hall–Kier alpha value is -1.16. The molecular formula is C9H7ClF2N2. The number of aromatic nitrogens is 2. The Morgan fingerprint density at radius 3 is 2.71 bits per heavy atom. The zero-order chi connectivity index (χ0) is 10.3. The molecule has 0 fully saturated rings. The fourth-order valence-corrected chi connectivity index (χ4v) is 1.42. The largest absolute Gasteiger partial charge is 0.337 e. The molecule has 1 aromatic carbocycles. The van der Waals surface area contributed by atoms with Gasteiger partial charge in [0, 0.05) is 6.92 Å². The van der Waals surface area contributed by atoms with Crippen molar-refractivity contribution in [3.63, 3.8) is 0 Å². The minimum Gasteiger partial charge on any atom is -0.337 e. The average molecular weight is 217 g/mol. The summed E-state index contributed by atoms with van der Waals surface area (Å²) in [5.41, 5.74) is 0.903. The first-order valence-corrected chi connectivity index (χ1v) is 4.39. The molecule has 0 unspecified atom stereocenters. The molecule has 0 bridgehead atoms. The predicted octanol–water partition coefficient (Wildman–Crippen LogP) is 3.33. The average Bonchev–Trinajstić information content (AvgIpc) is 2.48. The molecule has 1 heterocycles. The van der Waals surface area contributed by atoms with Gasteiger partial charge in [-0.25, -0.2) is 4.98 Å². The van der Waals surface area contributed by atoms with Gasteiger partial charge in [0.05, 0.1) is 10.5 Å². The van der Waals surface area contributed by atoms with E-state index in [1.807, 2.05) is 0 Å². The highest BCUT2D eigenvalue weighted by Gasteiger charge is 2.28. The van der Waals surface area contributed by atoms with Gasteiger partial charge in [0.25, 0.3) is 0 Å². The summed E-state index contributed by atoms with van der Waals surface area (Å²) < 4.78 is 25.8. The first-order valence-electron chi connectivity index (χ1n) is 4.01. The minimum absolute atomic E-state index is 0.361. The third kappa shape index (κ3) is 1.46. The van der Waals surface area contributed by atoms with Crippen LogP contribution in [0.15, 0.2) is 18.2 Å². The fraction of sp³-hybridized carbons (Fsp3) is 0.222. The van der Waals surface area contributed by atoms with Crippen molar-refractivity contribution in [2.75, 3.05) is 0 Å². The summed E-state index contributed by atoms with van der Waals surface area (Å²) >= 11 is 5.79. The maximum Gasteiger partial charge on any atom is 0.301 e. The third-order valence-corrected chi connectivity index (χ3v) is 2.18. The normalized spacial score (nSPS) is 12.3. The molecule has 1 aromatic heterocycles. The van der Waals surface area contributed by atoms with E-state index >= 15 is 0 Å². The van der Waals surface area contributed by atoms with Crippen LogP contribution in [0.5, 0.6) is 0 Å². The maximum absolute atomic E-state index is 12.9. The predicted molar refractivity (Wildman–Crippen MR) is 50.7 cm³/mol. The van der Waals surface area contributed by atoms with Crippen molar-refractivity contribution in [1.82, 2.24) is 9.97 Å².